The van der Waals surface area contributed by atoms with E-state index in [9.17, 15) is 9.59 Å². The van der Waals surface area contributed by atoms with Crippen LogP contribution in [-0.2, 0) is 11.3 Å². The molecule has 0 radical (unpaired) electrons. The van der Waals surface area contributed by atoms with Crippen molar-refractivity contribution in [2.45, 2.75) is 76.9 Å². The van der Waals surface area contributed by atoms with E-state index in [0.717, 1.165) is 31.2 Å². The zero-order valence-corrected chi connectivity index (χ0v) is 19.9. The van der Waals surface area contributed by atoms with E-state index in [2.05, 4.69) is 10.4 Å². The Morgan fingerprint density at radius 3 is 2.47 bits per heavy atom. The lowest BCUT2D eigenvalue weighted by Gasteiger charge is -2.43. The molecule has 1 aromatic carbocycles. The lowest BCUT2D eigenvalue weighted by molar-refractivity contribution is -0.127. The van der Waals surface area contributed by atoms with Gasteiger partial charge in [0.2, 0.25) is 5.91 Å². The second-order valence-electron chi connectivity index (χ2n) is 9.82. The number of aryl methyl sites for hydroxylation is 1. The van der Waals surface area contributed by atoms with Gasteiger partial charge >= 0.3 is 0 Å². The van der Waals surface area contributed by atoms with Crippen molar-refractivity contribution in [3.05, 3.63) is 60.0 Å². The predicted octanol–water partition coefficient (Wildman–Crippen LogP) is 5.10. The summed E-state index contributed by atoms with van der Waals surface area (Å²) >= 11 is 0. The van der Waals surface area contributed by atoms with Crippen LogP contribution in [0.5, 0.6) is 0 Å². The minimum Gasteiger partial charge on any atom is -0.463 e. The number of aromatic nitrogens is 2. The Morgan fingerprint density at radius 2 is 1.79 bits per heavy atom. The number of hydrogen-bond acceptors (Lipinski definition) is 4. The van der Waals surface area contributed by atoms with Gasteiger partial charge in [0, 0.05) is 17.8 Å². The van der Waals surface area contributed by atoms with Gasteiger partial charge in [-0.2, -0.15) is 5.10 Å². The maximum Gasteiger partial charge on any atom is 0.277 e. The molecule has 0 saturated heterocycles. The van der Waals surface area contributed by atoms with E-state index in [4.69, 9.17) is 4.42 Å². The molecule has 1 aliphatic heterocycles. The van der Waals surface area contributed by atoms with Gasteiger partial charge < -0.3 is 9.73 Å². The Balaban J connectivity index is 1.52. The zero-order chi connectivity index (χ0) is 23.7. The van der Waals surface area contributed by atoms with Gasteiger partial charge in [-0.05, 0) is 51.0 Å². The Bertz CT molecular complexity index is 1160. The molecule has 7 heteroatoms. The van der Waals surface area contributed by atoms with Gasteiger partial charge in [-0.3, -0.25) is 19.2 Å². The van der Waals surface area contributed by atoms with E-state index >= 15 is 0 Å². The molecule has 2 amide bonds. The normalized spacial score (nSPS) is 21.6. The first-order valence-electron chi connectivity index (χ1n) is 12.3. The quantitative estimate of drug-likeness (QED) is 0.587. The average Bonchev–Trinajstić information content (AvgIpc) is 3.47. The van der Waals surface area contributed by atoms with Gasteiger partial charge in [0.1, 0.15) is 16.9 Å². The molecule has 3 heterocycles. The third-order valence-corrected chi connectivity index (χ3v) is 7.15. The average molecular weight is 461 g/mol. The molecule has 1 unspecified atom stereocenters. The molecule has 178 valence electrons. The van der Waals surface area contributed by atoms with Gasteiger partial charge in [-0.15, -0.1) is 0 Å². The molecule has 5 rings (SSSR count). The lowest BCUT2D eigenvalue weighted by atomic mass is 9.91. The number of carbonyl (C=O) groups excluding carboxylic acids is 2. The van der Waals surface area contributed by atoms with E-state index in [0.29, 0.717) is 22.8 Å². The van der Waals surface area contributed by atoms with Crippen LogP contribution in [0.4, 0.5) is 5.69 Å². The number of fused-ring (bicyclic) bond motifs is 1. The van der Waals surface area contributed by atoms with Crippen LogP contribution in [0.3, 0.4) is 0 Å². The standard InChI is InChI=1S/C27H32N4O3/c1-19-12-14-21(15-13-19)31-25(32)23-17-22(24-11-8-16-34-24)29-30(23)18-27(31,2)26(33)28-20-9-6-4-3-5-7-10-20/h8,11-17,20H,3-7,9-10,18H2,1-2H3,(H,28,33). The van der Waals surface area contributed by atoms with Crippen molar-refractivity contribution in [2.75, 3.05) is 4.90 Å². The minimum absolute atomic E-state index is 0.132. The number of hydrogen-bond donors (Lipinski definition) is 1. The third-order valence-electron chi connectivity index (χ3n) is 7.15. The lowest BCUT2D eigenvalue weighted by Crippen LogP contribution is -2.65. The molecule has 1 atom stereocenters. The molecule has 1 N–H and O–H groups in total. The van der Waals surface area contributed by atoms with Crippen LogP contribution >= 0.6 is 0 Å². The number of rotatable bonds is 4. The molecule has 1 aliphatic carbocycles. The highest BCUT2D eigenvalue weighted by Crippen LogP contribution is 2.34. The Labute approximate surface area is 200 Å². The summed E-state index contributed by atoms with van der Waals surface area (Å²) in [5.41, 5.74) is 1.72. The van der Waals surface area contributed by atoms with E-state index in [1.54, 1.807) is 28.0 Å². The first-order valence-corrected chi connectivity index (χ1v) is 12.3. The van der Waals surface area contributed by atoms with Crippen LogP contribution in [0.1, 0.15) is 67.9 Å². The molecule has 0 spiro atoms. The summed E-state index contributed by atoms with van der Waals surface area (Å²) in [5, 5.41) is 7.93. The van der Waals surface area contributed by atoms with Gasteiger partial charge in [0.25, 0.3) is 5.91 Å². The van der Waals surface area contributed by atoms with Crippen molar-refractivity contribution >= 4 is 17.5 Å². The Kier molecular flexibility index (Phi) is 6.02. The topological polar surface area (TPSA) is 80.4 Å². The summed E-state index contributed by atoms with van der Waals surface area (Å²) in [5.74, 6) is 0.223. The molecular weight excluding hydrogens is 428 g/mol. The molecular formula is C27H32N4O3. The number of furan rings is 1. The van der Waals surface area contributed by atoms with Crippen molar-refractivity contribution in [1.82, 2.24) is 15.1 Å². The van der Waals surface area contributed by atoms with Crippen molar-refractivity contribution in [1.29, 1.82) is 0 Å². The van der Waals surface area contributed by atoms with Crippen LogP contribution < -0.4 is 10.2 Å². The van der Waals surface area contributed by atoms with Crippen LogP contribution in [0.15, 0.2) is 53.1 Å². The molecule has 34 heavy (non-hydrogen) atoms. The van der Waals surface area contributed by atoms with Crippen molar-refractivity contribution < 1.29 is 14.0 Å². The maximum atomic E-state index is 13.9. The van der Waals surface area contributed by atoms with Crippen molar-refractivity contribution in [3.63, 3.8) is 0 Å². The van der Waals surface area contributed by atoms with Crippen LogP contribution in [0.25, 0.3) is 11.5 Å². The maximum absolute atomic E-state index is 13.9. The highest BCUT2D eigenvalue weighted by atomic mass is 16.3. The third kappa shape index (κ3) is 4.15. The number of anilines is 1. The number of nitrogens with zero attached hydrogens (tertiary/aromatic N) is 3. The van der Waals surface area contributed by atoms with Crippen molar-refractivity contribution in [2.24, 2.45) is 0 Å². The minimum atomic E-state index is -1.12. The van der Waals surface area contributed by atoms with E-state index in [1.165, 1.54) is 19.3 Å². The fourth-order valence-corrected chi connectivity index (χ4v) is 5.17. The SMILES string of the molecule is Cc1ccc(N2C(=O)c3cc(-c4ccco4)nn3CC2(C)C(=O)NC2CCCCCCC2)cc1. The van der Waals surface area contributed by atoms with Crippen LogP contribution in [-0.4, -0.2) is 33.2 Å². The highest BCUT2D eigenvalue weighted by molar-refractivity contribution is 6.12. The zero-order valence-electron chi connectivity index (χ0n) is 19.9. The van der Waals surface area contributed by atoms with Gasteiger partial charge in [-0.25, -0.2) is 0 Å². The second-order valence-corrected chi connectivity index (χ2v) is 9.82. The number of benzene rings is 1. The number of amides is 2. The second kappa shape index (κ2) is 9.12. The number of nitrogens with one attached hydrogen (secondary N) is 1. The molecule has 1 saturated carbocycles. The summed E-state index contributed by atoms with van der Waals surface area (Å²) in [6.07, 6.45) is 9.49. The molecule has 2 aromatic heterocycles. The largest absolute Gasteiger partial charge is 0.463 e. The smallest absolute Gasteiger partial charge is 0.277 e. The summed E-state index contributed by atoms with van der Waals surface area (Å²) in [6.45, 7) is 4.12. The van der Waals surface area contributed by atoms with E-state index in [1.807, 2.05) is 44.2 Å². The van der Waals surface area contributed by atoms with Gasteiger partial charge in [-0.1, -0.05) is 49.8 Å². The van der Waals surface area contributed by atoms with E-state index in [-0.39, 0.29) is 24.4 Å². The fraction of sp³-hybridized carbons (Fsp3) is 0.444. The molecule has 2 aliphatic rings. The molecule has 1 fully saturated rings. The molecule has 3 aromatic rings. The summed E-state index contributed by atoms with van der Waals surface area (Å²) in [7, 11) is 0. The monoisotopic (exact) mass is 460 g/mol. The van der Waals surface area contributed by atoms with Crippen LogP contribution in [0.2, 0.25) is 0 Å². The first kappa shape index (κ1) is 22.4. The molecule has 7 nitrogen and oxygen atoms in total. The highest BCUT2D eigenvalue weighted by Gasteiger charge is 2.49. The van der Waals surface area contributed by atoms with Gasteiger partial charge in [0.15, 0.2) is 5.76 Å². The summed E-state index contributed by atoms with van der Waals surface area (Å²) in [6, 6.07) is 13.2. The Hall–Kier alpha value is -3.35. The van der Waals surface area contributed by atoms with E-state index < -0.39 is 5.54 Å². The Morgan fingerprint density at radius 1 is 1.09 bits per heavy atom. The van der Waals surface area contributed by atoms with Crippen molar-refractivity contribution in [3.8, 4) is 11.5 Å². The van der Waals surface area contributed by atoms with Gasteiger partial charge in [0.05, 0.1) is 12.8 Å². The summed E-state index contributed by atoms with van der Waals surface area (Å²) in [4.78, 5) is 29.4. The number of carbonyl (C=O) groups is 2. The fourth-order valence-electron chi connectivity index (χ4n) is 5.17. The predicted molar refractivity (Wildman–Crippen MR) is 131 cm³/mol. The first-order chi connectivity index (χ1) is 16.5. The van der Waals surface area contributed by atoms with Crippen LogP contribution in [0, 0.1) is 6.92 Å². The summed E-state index contributed by atoms with van der Waals surface area (Å²) < 4.78 is 7.15. The molecule has 0 bridgehead atoms.